The Balaban J connectivity index is 2.78. The van der Waals surface area contributed by atoms with E-state index in [4.69, 9.17) is 74.3 Å². The zero-order valence-corrected chi connectivity index (χ0v) is 21.0. The molecule has 0 aliphatic heterocycles. The van der Waals surface area contributed by atoms with Crippen molar-refractivity contribution in [3.05, 3.63) is 33.4 Å². The number of aromatic nitrogens is 2. The number of ether oxygens (including phenoxy) is 1. The highest BCUT2D eigenvalue weighted by molar-refractivity contribution is 7.84. The van der Waals surface area contributed by atoms with Crippen LogP contribution in [0.4, 0.5) is 19.0 Å². The van der Waals surface area contributed by atoms with Crippen molar-refractivity contribution < 1.29 is 22.1 Å². The highest BCUT2D eigenvalue weighted by Gasteiger charge is 2.37. The maximum Gasteiger partial charge on any atom is 0.416 e. The molecule has 0 aliphatic carbocycles. The zero-order chi connectivity index (χ0) is 24.4. The van der Waals surface area contributed by atoms with E-state index in [1.54, 1.807) is 6.07 Å². The van der Waals surface area contributed by atoms with Gasteiger partial charge in [-0.3, -0.25) is 4.21 Å². The quantitative estimate of drug-likeness (QED) is 0.307. The number of alkyl halides is 7. The lowest BCUT2D eigenvalue weighted by Gasteiger charge is -2.27. The monoisotopic (exact) mass is 590 g/mol. The average molecular weight is 593 g/mol. The lowest BCUT2D eigenvalue weighted by molar-refractivity contribution is -0.137. The van der Waals surface area contributed by atoms with Crippen LogP contribution in [0.25, 0.3) is 5.69 Å². The molecule has 0 spiro atoms. The van der Waals surface area contributed by atoms with Crippen LogP contribution < -0.4 is 5.32 Å². The summed E-state index contributed by atoms with van der Waals surface area (Å²) in [5.74, 6) is -0.165. The molecule has 0 amide bonds. The Morgan fingerprint density at radius 2 is 1.84 bits per heavy atom. The van der Waals surface area contributed by atoms with E-state index in [1.165, 1.54) is 6.26 Å². The van der Waals surface area contributed by atoms with Crippen molar-refractivity contribution in [2.75, 3.05) is 24.1 Å². The predicted octanol–water partition coefficient (Wildman–Crippen LogP) is 6.17. The largest absolute Gasteiger partial charge is 0.416 e. The van der Waals surface area contributed by atoms with Gasteiger partial charge >= 0.3 is 6.18 Å². The lowest BCUT2D eigenvalue weighted by atomic mass is 10.2. The minimum Gasteiger partial charge on any atom is -0.353 e. The van der Waals surface area contributed by atoms with Gasteiger partial charge in [-0.2, -0.15) is 23.5 Å². The summed E-state index contributed by atoms with van der Waals surface area (Å²) in [4.78, 5) is -0.145. The van der Waals surface area contributed by atoms with E-state index in [0.717, 1.165) is 4.68 Å². The molecule has 0 aliphatic rings. The van der Waals surface area contributed by atoms with Gasteiger partial charge in [0.1, 0.15) is 22.5 Å². The van der Waals surface area contributed by atoms with Crippen molar-refractivity contribution >= 4 is 86.2 Å². The minimum atomic E-state index is -4.72. The van der Waals surface area contributed by atoms with Crippen LogP contribution in [0.1, 0.15) is 11.3 Å². The molecule has 1 aromatic carbocycles. The standard InChI is InChI=1S/C16H11Cl6F3N4O2S/c1-32(30)12-10(6-26)28-29(13(12)27-14(15(20,21)22)31-3-2-17)11-8(18)4-7(5-9(11)19)16(23,24)25/h4-5,14,27H,2-3H2,1H3. The molecule has 2 aromatic rings. The smallest absolute Gasteiger partial charge is 0.353 e. The summed E-state index contributed by atoms with van der Waals surface area (Å²) in [6.07, 6.45) is -4.88. The first-order chi connectivity index (χ1) is 14.7. The Bertz CT molecular complexity index is 1040. The molecule has 0 saturated carbocycles. The van der Waals surface area contributed by atoms with Gasteiger partial charge in [0.05, 0.1) is 33.0 Å². The summed E-state index contributed by atoms with van der Waals surface area (Å²) < 4.78 is 55.9. The number of anilines is 1. The van der Waals surface area contributed by atoms with Gasteiger partial charge in [-0.25, -0.2) is 4.68 Å². The average Bonchev–Trinajstić information content (AvgIpc) is 3.01. The molecule has 2 rings (SSSR count). The third kappa shape index (κ3) is 6.27. The van der Waals surface area contributed by atoms with Crippen LogP contribution in [0.3, 0.4) is 0 Å². The van der Waals surface area contributed by atoms with Crippen molar-refractivity contribution in [2.45, 2.75) is 21.1 Å². The number of rotatable bonds is 7. The molecule has 1 heterocycles. The minimum absolute atomic E-state index is 0.0325. The van der Waals surface area contributed by atoms with Crippen molar-refractivity contribution in [1.82, 2.24) is 9.78 Å². The summed E-state index contributed by atoms with van der Waals surface area (Å²) in [6.45, 7) is -0.0707. The predicted molar refractivity (Wildman–Crippen MR) is 120 cm³/mol. The molecule has 0 radical (unpaired) electrons. The van der Waals surface area contributed by atoms with Gasteiger partial charge in [-0.05, 0) is 12.1 Å². The van der Waals surface area contributed by atoms with Crippen LogP contribution in [0.2, 0.25) is 10.0 Å². The Morgan fingerprint density at radius 3 is 2.25 bits per heavy atom. The maximum atomic E-state index is 13.1. The lowest BCUT2D eigenvalue weighted by Crippen LogP contribution is -2.38. The van der Waals surface area contributed by atoms with Crippen molar-refractivity contribution in [3.63, 3.8) is 0 Å². The first-order valence-corrected chi connectivity index (χ1v) is 12.1. The number of hydrogen-bond donors (Lipinski definition) is 1. The molecule has 0 bridgehead atoms. The Labute approximate surface area is 212 Å². The second-order valence-electron chi connectivity index (χ2n) is 5.92. The number of hydrogen-bond acceptors (Lipinski definition) is 5. The summed E-state index contributed by atoms with van der Waals surface area (Å²) in [7, 11) is -1.83. The third-order valence-electron chi connectivity index (χ3n) is 3.72. The van der Waals surface area contributed by atoms with Crippen molar-refractivity contribution in [3.8, 4) is 11.8 Å². The fraction of sp³-hybridized carbons (Fsp3) is 0.375. The van der Waals surface area contributed by atoms with Gasteiger partial charge in [-0.15, -0.1) is 11.6 Å². The van der Waals surface area contributed by atoms with Gasteiger partial charge in [0.2, 0.25) is 3.79 Å². The molecule has 2 unspecified atom stereocenters. The summed E-state index contributed by atoms with van der Waals surface area (Å²) >= 11 is 35.6. The Morgan fingerprint density at radius 1 is 1.28 bits per heavy atom. The number of halogens is 9. The molecule has 16 heteroatoms. The number of nitrogens with zero attached hydrogens (tertiary/aromatic N) is 3. The van der Waals surface area contributed by atoms with E-state index >= 15 is 0 Å². The third-order valence-corrected chi connectivity index (χ3v) is 6.00. The summed E-state index contributed by atoms with van der Waals surface area (Å²) in [5.41, 5.74) is -1.68. The number of nitriles is 1. The second-order valence-corrected chi connectivity index (χ2v) is 10.8. The molecule has 1 aromatic heterocycles. The molecule has 32 heavy (non-hydrogen) atoms. The first kappa shape index (κ1) is 27.6. The van der Waals surface area contributed by atoms with Crippen LogP contribution in [0.15, 0.2) is 17.0 Å². The van der Waals surface area contributed by atoms with E-state index in [-0.39, 0.29) is 34.6 Å². The van der Waals surface area contributed by atoms with E-state index in [9.17, 15) is 22.6 Å². The van der Waals surface area contributed by atoms with E-state index in [2.05, 4.69) is 10.4 Å². The van der Waals surface area contributed by atoms with E-state index in [1.807, 2.05) is 0 Å². The zero-order valence-electron chi connectivity index (χ0n) is 15.6. The van der Waals surface area contributed by atoms with Gasteiger partial charge < -0.3 is 10.1 Å². The van der Waals surface area contributed by atoms with E-state index < -0.39 is 42.6 Å². The Hall–Kier alpha value is -0.640. The summed E-state index contributed by atoms with van der Waals surface area (Å²) in [6, 6.07) is 2.99. The fourth-order valence-corrected chi connectivity index (χ4v) is 4.34. The SMILES string of the molecule is CS(=O)c1c(C#N)nn(-c2c(Cl)cc(C(F)(F)F)cc2Cl)c1NC(OCCCl)C(Cl)(Cl)Cl. The van der Waals surface area contributed by atoms with Gasteiger partial charge in [-0.1, -0.05) is 58.0 Å². The molecule has 0 saturated heterocycles. The van der Waals surface area contributed by atoms with Gasteiger partial charge in [0, 0.05) is 12.1 Å². The molecular weight excluding hydrogens is 582 g/mol. The highest BCUT2D eigenvalue weighted by Crippen LogP contribution is 2.41. The molecule has 0 fully saturated rings. The number of nitrogens with one attached hydrogen (secondary N) is 1. The van der Waals surface area contributed by atoms with Crippen LogP contribution >= 0.6 is 69.6 Å². The molecule has 6 nitrogen and oxygen atoms in total. The van der Waals surface area contributed by atoms with Crippen molar-refractivity contribution in [2.24, 2.45) is 0 Å². The second kappa shape index (κ2) is 10.7. The van der Waals surface area contributed by atoms with Crippen LogP contribution in [0, 0.1) is 11.3 Å². The molecule has 2 atom stereocenters. The van der Waals surface area contributed by atoms with Crippen LogP contribution in [-0.2, 0) is 21.7 Å². The van der Waals surface area contributed by atoms with Gasteiger partial charge in [0.25, 0.3) is 0 Å². The fourth-order valence-electron chi connectivity index (χ4n) is 2.47. The molecular formula is C16H11Cl6F3N4O2S. The van der Waals surface area contributed by atoms with E-state index in [0.29, 0.717) is 12.1 Å². The topological polar surface area (TPSA) is 79.9 Å². The van der Waals surface area contributed by atoms with Gasteiger partial charge in [0.15, 0.2) is 11.9 Å². The molecule has 176 valence electrons. The van der Waals surface area contributed by atoms with Crippen LogP contribution in [0.5, 0.6) is 0 Å². The maximum absolute atomic E-state index is 13.1. The number of benzene rings is 1. The first-order valence-electron chi connectivity index (χ1n) is 8.16. The Kier molecular flexibility index (Phi) is 9.27. The highest BCUT2D eigenvalue weighted by atomic mass is 35.6. The normalized spacial score (nSPS) is 14.2. The molecule has 1 N–H and O–H groups in total. The summed E-state index contributed by atoms with van der Waals surface area (Å²) in [5, 5.41) is 15.2. The van der Waals surface area contributed by atoms with Crippen molar-refractivity contribution in [1.29, 1.82) is 5.26 Å². The van der Waals surface area contributed by atoms with Crippen LogP contribution in [-0.4, -0.2) is 42.8 Å².